The lowest BCUT2D eigenvalue weighted by Crippen LogP contribution is -2.01. The van der Waals surface area contributed by atoms with Gasteiger partial charge >= 0.3 is 0 Å². The van der Waals surface area contributed by atoms with Crippen molar-refractivity contribution in [1.82, 2.24) is 34.9 Å². The number of pyridine rings is 4. The average Bonchev–Trinajstić information content (AvgIpc) is 3.27. The predicted molar refractivity (Wildman–Crippen MR) is 226 cm³/mol. The summed E-state index contributed by atoms with van der Waals surface area (Å²) in [5, 5.41) is 5.82. The molecule has 0 N–H and O–H groups in total. The third kappa shape index (κ3) is 5.93. The molecule has 0 unspecified atom stereocenters. The Labute approximate surface area is 329 Å². The normalized spacial score (nSPS) is 11.6. The molecule has 5 aromatic heterocycles. The van der Waals surface area contributed by atoms with Gasteiger partial charge in [-0.15, -0.1) is 0 Å². The van der Waals surface area contributed by atoms with Gasteiger partial charge in [0, 0.05) is 61.8 Å². The zero-order chi connectivity index (χ0) is 38.7. The van der Waals surface area contributed by atoms with Crippen LogP contribution >= 0.6 is 0 Å². The largest absolute Gasteiger partial charge is 0.254 e. The molecule has 0 amide bonds. The van der Waals surface area contributed by atoms with Gasteiger partial charge < -0.3 is 0 Å². The Bertz CT molecular complexity index is 3270. The van der Waals surface area contributed by atoms with Crippen molar-refractivity contribution in [2.75, 3.05) is 0 Å². The molecule has 0 aliphatic carbocycles. The summed E-state index contributed by atoms with van der Waals surface area (Å²) in [5.41, 5.74) is 6.71. The Balaban J connectivity index is 1.08. The number of halogens is 2. The van der Waals surface area contributed by atoms with Crippen LogP contribution in [0, 0.1) is 11.6 Å². The number of benzene rings is 6. The van der Waals surface area contributed by atoms with Crippen LogP contribution in [0.1, 0.15) is 0 Å². The van der Waals surface area contributed by atoms with Gasteiger partial charge in [-0.1, -0.05) is 84.9 Å². The highest BCUT2D eigenvalue weighted by molar-refractivity contribution is 6.04. The highest BCUT2D eigenvalue weighted by Gasteiger charge is 2.18. The van der Waals surface area contributed by atoms with Crippen LogP contribution in [0.2, 0.25) is 0 Å². The highest BCUT2D eigenvalue weighted by atomic mass is 19.1. The zero-order valence-electron chi connectivity index (χ0n) is 30.5. The summed E-state index contributed by atoms with van der Waals surface area (Å²) >= 11 is 0. The lowest BCUT2D eigenvalue weighted by molar-refractivity contribution is 0.628. The van der Waals surface area contributed by atoms with Crippen LogP contribution in [-0.4, -0.2) is 34.9 Å². The maximum Gasteiger partial charge on any atom is 0.164 e. The summed E-state index contributed by atoms with van der Waals surface area (Å²) in [6.07, 6.45) is 3.47. The minimum absolute atomic E-state index is 0.217. The molecule has 0 radical (unpaired) electrons. The van der Waals surface area contributed by atoms with Gasteiger partial charge in [-0.2, -0.15) is 0 Å². The Morgan fingerprint density at radius 1 is 0.293 bits per heavy atom. The molecule has 0 spiro atoms. The second-order valence-electron chi connectivity index (χ2n) is 14.1. The van der Waals surface area contributed by atoms with Gasteiger partial charge in [0.1, 0.15) is 11.6 Å². The van der Waals surface area contributed by atoms with Crippen molar-refractivity contribution in [3.8, 4) is 56.7 Å². The van der Waals surface area contributed by atoms with E-state index in [0.29, 0.717) is 39.5 Å². The first-order valence-corrected chi connectivity index (χ1v) is 18.7. The molecule has 6 aromatic carbocycles. The second-order valence-corrected chi connectivity index (χ2v) is 14.1. The molecule has 0 aliphatic heterocycles. The van der Waals surface area contributed by atoms with E-state index in [2.05, 4.69) is 9.97 Å². The van der Waals surface area contributed by atoms with Gasteiger partial charge in [0.05, 0.1) is 33.5 Å². The first-order chi connectivity index (χ1) is 28.5. The summed E-state index contributed by atoms with van der Waals surface area (Å²) in [6.45, 7) is 0. The Morgan fingerprint density at radius 3 is 1.24 bits per heavy atom. The predicted octanol–water partition coefficient (Wildman–Crippen LogP) is 11.8. The topological polar surface area (TPSA) is 90.2 Å². The van der Waals surface area contributed by atoms with E-state index >= 15 is 8.78 Å². The Hall–Kier alpha value is -7.91. The van der Waals surface area contributed by atoms with Crippen molar-refractivity contribution in [2.24, 2.45) is 0 Å². The molecule has 0 bridgehead atoms. The smallest absolute Gasteiger partial charge is 0.164 e. The van der Waals surface area contributed by atoms with Gasteiger partial charge in [0.15, 0.2) is 17.5 Å². The molecule has 58 heavy (non-hydrogen) atoms. The van der Waals surface area contributed by atoms with Crippen LogP contribution in [0.25, 0.3) is 111 Å². The monoisotopic (exact) mass is 751 g/mol. The lowest BCUT2D eigenvalue weighted by atomic mass is 10.0. The third-order valence-electron chi connectivity index (χ3n) is 10.4. The van der Waals surface area contributed by atoms with E-state index in [1.165, 1.54) is 24.3 Å². The first kappa shape index (κ1) is 33.4. The fourth-order valence-electron chi connectivity index (χ4n) is 7.59. The first-order valence-electron chi connectivity index (χ1n) is 18.7. The molecule has 9 heteroatoms. The molecule has 7 nitrogen and oxygen atoms in total. The molecular weight excluding hydrogens is 725 g/mol. The summed E-state index contributed by atoms with van der Waals surface area (Å²) < 4.78 is 31.4. The zero-order valence-corrected chi connectivity index (χ0v) is 30.5. The maximum atomic E-state index is 15.7. The van der Waals surface area contributed by atoms with Gasteiger partial charge in [0.25, 0.3) is 0 Å². The lowest BCUT2D eigenvalue weighted by Gasteiger charge is -2.12. The minimum atomic E-state index is -0.489. The molecule has 0 saturated heterocycles. The van der Waals surface area contributed by atoms with Crippen molar-refractivity contribution >= 4 is 54.4 Å². The molecule has 5 heterocycles. The molecule has 0 aliphatic rings. The standard InChI is InChI=1S/C49H27F2N7/c50-39-24-35(41-17-15-31-12-10-29-7-3-19-52-43(29)45(31)54-41)22-37(26-39)48-56-47(34-14-9-28-5-1-2-6-33(28)21-34)57-49(58-48)38-23-36(25-40(51)27-38)42-18-16-32-13-11-30-8-4-20-53-44(30)46(32)55-42/h1-27H. The van der Waals surface area contributed by atoms with Crippen LogP contribution < -0.4 is 0 Å². The molecular formula is C49H27F2N7. The SMILES string of the molecule is Fc1cc(-c2ccc3ccc4cccnc4c3n2)cc(-c2nc(-c3cc(F)cc(-c4ccc5ccc6cccnc6c5n4)c3)nc(-c3ccc4ccccc4c3)n2)c1. The van der Waals surface area contributed by atoms with E-state index < -0.39 is 11.6 Å². The van der Waals surface area contributed by atoms with Crippen LogP contribution in [0.4, 0.5) is 8.78 Å². The third-order valence-corrected chi connectivity index (χ3v) is 10.4. The number of hydrogen-bond acceptors (Lipinski definition) is 7. The van der Waals surface area contributed by atoms with E-state index in [1.54, 1.807) is 12.4 Å². The minimum Gasteiger partial charge on any atom is -0.254 e. The van der Waals surface area contributed by atoms with E-state index in [4.69, 9.17) is 24.9 Å². The van der Waals surface area contributed by atoms with Crippen molar-refractivity contribution in [3.05, 3.63) is 176 Å². The number of rotatable bonds is 5. The molecule has 11 aromatic rings. The Kier molecular flexibility index (Phi) is 7.72. The molecule has 11 rings (SSSR count). The van der Waals surface area contributed by atoms with Crippen molar-refractivity contribution < 1.29 is 8.78 Å². The maximum absolute atomic E-state index is 15.7. The number of nitrogens with zero attached hydrogens (tertiary/aromatic N) is 7. The molecule has 272 valence electrons. The molecule has 0 atom stereocenters. The van der Waals surface area contributed by atoms with Crippen LogP contribution in [0.5, 0.6) is 0 Å². The van der Waals surface area contributed by atoms with E-state index in [-0.39, 0.29) is 11.6 Å². The van der Waals surface area contributed by atoms with Crippen LogP contribution in [-0.2, 0) is 0 Å². The summed E-state index contributed by atoms with van der Waals surface area (Å²) in [6, 6.07) is 46.6. The van der Waals surface area contributed by atoms with E-state index in [0.717, 1.165) is 59.9 Å². The number of hydrogen-bond donors (Lipinski definition) is 0. The molecule has 0 saturated carbocycles. The van der Waals surface area contributed by atoms with Gasteiger partial charge in [0.2, 0.25) is 0 Å². The van der Waals surface area contributed by atoms with Gasteiger partial charge in [-0.05, 0) is 77.5 Å². The van der Waals surface area contributed by atoms with E-state index in [9.17, 15) is 0 Å². The van der Waals surface area contributed by atoms with E-state index in [1.807, 2.05) is 127 Å². The van der Waals surface area contributed by atoms with Gasteiger partial charge in [-0.3, -0.25) is 9.97 Å². The van der Waals surface area contributed by atoms with Crippen molar-refractivity contribution in [1.29, 1.82) is 0 Å². The van der Waals surface area contributed by atoms with Crippen LogP contribution in [0.15, 0.2) is 164 Å². The second kappa shape index (κ2) is 13.4. The fraction of sp³-hybridized carbons (Fsp3) is 0. The van der Waals surface area contributed by atoms with Crippen molar-refractivity contribution in [2.45, 2.75) is 0 Å². The van der Waals surface area contributed by atoms with Gasteiger partial charge in [-0.25, -0.2) is 33.7 Å². The van der Waals surface area contributed by atoms with Crippen LogP contribution in [0.3, 0.4) is 0 Å². The fourth-order valence-corrected chi connectivity index (χ4v) is 7.59. The quantitative estimate of drug-likeness (QED) is 0.162. The Morgan fingerprint density at radius 2 is 0.707 bits per heavy atom. The summed E-state index contributed by atoms with van der Waals surface area (Å²) in [5.74, 6) is -0.192. The number of aromatic nitrogens is 7. The highest BCUT2D eigenvalue weighted by Crippen LogP contribution is 2.34. The molecule has 0 fully saturated rings. The average molecular weight is 752 g/mol. The number of fused-ring (bicyclic) bond motifs is 7. The summed E-state index contributed by atoms with van der Waals surface area (Å²) in [7, 11) is 0. The summed E-state index contributed by atoms with van der Waals surface area (Å²) in [4.78, 5) is 33.8. The van der Waals surface area contributed by atoms with Crippen molar-refractivity contribution in [3.63, 3.8) is 0 Å².